The summed E-state index contributed by atoms with van der Waals surface area (Å²) in [7, 11) is -1.83. The molecule has 0 amide bonds. The molecule has 3 fully saturated rings. The van der Waals surface area contributed by atoms with E-state index in [1.165, 1.54) is 18.9 Å². The number of Topliss-reactive ketones (excluding diaryl/α,β-unsaturated/α-hetero) is 1. The smallest absolute Gasteiger partial charge is 0.400 e. The Morgan fingerprint density at radius 3 is 2.10 bits per heavy atom. The molecule has 4 aliphatic rings. The summed E-state index contributed by atoms with van der Waals surface area (Å²) >= 11 is 0. The number of hydrogen-bond donors (Lipinski definition) is 2. The van der Waals surface area contributed by atoms with Gasteiger partial charge in [-0.15, -0.1) is 0 Å². The average molecular weight is 421 g/mol. The lowest BCUT2D eigenvalue weighted by molar-refractivity contribution is -0.243. The van der Waals surface area contributed by atoms with Gasteiger partial charge in [-0.1, -0.05) is 33.1 Å². The van der Waals surface area contributed by atoms with Gasteiger partial charge >= 0.3 is 7.32 Å². The Balaban J connectivity index is 0.000000180. The zero-order valence-electron chi connectivity index (χ0n) is 17.9. The molecule has 4 rings (SSSR count). The molecule has 3 aliphatic heterocycles. The molecule has 10 heteroatoms. The summed E-state index contributed by atoms with van der Waals surface area (Å²) in [5, 5.41) is 16.6. The molecule has 1 unspecified atom stereocenters. The van der Waals surface area contributed by atoms with Crippen molar-refractivity contribution in [2.75, 3.05) is 45.9 Å². The fourth-order valence-electron chi connectivity index (χ4n) is 3.37. The Morgan fingerprint density at radius 1 is 1.00 bits per heavy atom. The first kappa shape index (κ1) is 22.8. The quantitative estimate of drug-likeness (QED) is 0.160. The molecule has 1 aliphatic carbocycles. The Morgan fingerprint density at radius 2 is 1.60 bits per heavy atom. The highest BCUT2D eigenvalue weighted by Gasteiger charge is 2.43. The van der Waals surface area contributed by atoms with Gasteiger partial charge in [-0.25, -0.2) is 9.69 Å². The second kappa shape index (κ2) is 10.4. The van der Waals surface area contributed by atoms with Crippen molar-refractivity contribution < 1.29 is 29.3 Å². The monoisotopic (exact) mass is 421 g/mol. The minimum absolute atomic E-state index is 0.00546. The number of nitrogens with zero attached hydrogens (tertiary/aromatic N) is 3. The van der Waals surface area contributed by atoms with E-state index in [4.69, 9.17) is 10.0 Å². The highest BCUT2D eigenvalue weighted by atomic mass is 17.2. The van der Waals surface area contributed by atoms with Crippen molar-refractivity contribution in [2.24, 2.45) is 5.92 Å². The highest BCUT2D eigenvalue weighted by Crippen LogP contribution is 2.33. The number of rotatable bonds is 11. The summed E-state index contributed by atoms with van der Waals surface area (Å²) in [5.74, 6) is 0.492. The van der Waals surface area contributed by atoms with E-state index in [1.807, 2.05) is 14.7 Å². The van der Waals surface area contributed by atoms with Crippen LogP contribution in [0.15, 0.2) is 23.2 Å². The van der Waals surface area contributed by atoms with Gasteiger partial charge < -0.3 is 24.7 Å². The SMILES string of the molecule is CCCCC(CC)COOB(O)O.O=C1C=C(N2CC2)C(=O)C(N2CC2)=C1N1CC1. The summed E-state index contributed by atoms with van der Waals surface area (Å²) < 4.78 is 0. The van der Waals surface area contributed by atoms with Gasteiger partial charge in [-0.05, 0) is 12.3 Å². The number of ketones is 2. The summed E-state index contributed by atoms with van der Waals surface area (Å²) in [4.78, 5) is 39.3. The van der Waals surface area contributed by atoms with E-state index in [0.717, 1.165) is 52.1 Å². The molecule has 3 saturated heterocycles. The van der Waals surface area contributed by atoms with Crippen LogP contribution in [-0.2, 0) is 19.3 Å². The topological polar surface area (TPSA) is 102 Å². The number of hydrogen-bond acceptors (Lipinski definition) is 9. The first-order chi connectivity index (χ1) is 14.5. The lowest BCUT2D eigenvalue weighted by Crippen LogP contribution is -2.29. The fraction of sp³-hybridized carbons (Fsp3) is 0.700. The van der Waals surface area contributed by atoms with Crippen molar-refractivity contribution in [1.29, 1.82) is 0 Å². The lowest BCUT2D eigenvalue weighted by Gasteiger charge is -2.21. The molecule has 9 nitrogen and oxygen atoms in total. The first-order valence-corrected chi connectivity index (χ1v) is 10.9. The van der Waals surface area contributed by atoms with Crippen LogP contribution in [0.2, 0.25) is 0 Å². The predicted molar refractivity (Wildman–Crippen MR) is 110 cm³/mol. The Bertz CT molecular complexity index is 699. The third-order valence-corrected chi connectivity index (χ3v) is 5.49. The molecular formula is C20H32BN3O6. The van der Waals surface area contributed by atoms with E-state index < -0.39 is 7.32 Å². The number of allylic oxidation sites excluding steroid dienone is 1. The molecule has 0 radical (unpaired) electrons. The third-order valence-electron chi connectivity index (χ3n) is 5.49. The maximum Gasteiger partial charge on any atom is 0.662 e. The minimum Gasteiger partial charge on any atom is -0.400 e. The van der Waals surface area contributed by atoms with Crippen molar-refractivity contribution in [3.63, 3.8) is 0 Å². The van der Waals surface area contributed by atoms with Crippen LogP contribution in [0, 0.1) is 5.92 Å². The average Bonchev–Trinajstić information content (AvgIpc) is 3.57. The molecule has 0 aromatic heterocycles. The minimum atomic E-state index is -1.83. The summed E-state index contributed by atoms with van der Waals surface area (Å²) in [6, 6.07) is 0. The van der Waals surface area contributed by atoms with Crippen LogP contribution in [0.25, 0.3) is 0 Å². The molecule has 30 heavy (non-hydrogen) atoms. The summed E-state index contributed by atoms with van der Waals surface area (Å²) in [6.45, 7) is 10.1. The van der Waals surface area contributed by atoms with Crippen LogP contribution >= 0.6 is 0 Å². The fourth-order valence-corrected chi connectivity index (χ4v) is 3.37. The summed E-state index contributed by atoms with van der Waals surface area (Å²) in [5.41, 5.74) is 1.89. The van der Waals surface area contributed by atoms with Gasteiger partial charge in [0, 0.05) is 45.3 Å². The molecule has 0 bridgehead atoms. The van der Waals surface area contributed by atoms with Gasteiger partial charge in [0.2, 0.25) is 11.6 Å². The van der Waals surface area contributed by atoms with E-state index in [1.54, 1.807) is 0 Å². The van der Waals surface area contributed by atoms with Crippen LogP contribution in [0.3, 0.4) is 0 Å². The number of carbonyl (C=O) groups excluding carboxylic acids is 2. The molecule has 0 aromatic carbocycles. The molecule has 0 saturated carbocycles. The van der Waals surface area contributed by atoms with Crippen LogP contribution < -0.4 is 0 Å². The van der Waals surface area contributed by atoms with Gasteiger partial charge in [0.05, 0.1) is 12.3 Å². The van der Waals surface area contributed by atoms with Crippen LogP contribution in [0.5, 0.6) is 0 Å². The van der Waals surface area contributed by atoms with Crippen molar-refractivity contribution in [3.05, 3.63) is 23.2 Å². The van der Waals surface area contributed by atoms with Crippen LogP contribution in [0.4, 0.5) is 0 Å². The van der Waals surface area contributed by atoms with Crippen LogP contribution in [-0.4, -0.2) is 89.5 Å². The van der Waals surface area contributed by atoms with Gasteiger partial charge in [-0.2, -0.15) is 0 Å². The molecule has 1 atom stereocenters. The van der Waals surface area contributed by atoms with Crippen molar-refractivity contribution in [2.45, 2.75) is 39.5 Å². The largest absolute Gasteiger partial charge is 0.662 e. The Hall–Kier alpha value is -1.88. The lowest BCUT2D eigenvalue weighted by atomic mass is 10.0. The second-order valence-corrected chi connectivity index (χ2v) is 8.00. The van der Waals surface area contributed by atoms with Crippen molar-refractivity contribution >= 4 is 18.9 Å². The zero-order valence-corrected chi connectivity index (χ0v) is 17.9. The van der Waals surface area contributed by atoms with Crippen molar-refractivity contribution in [3.8, 4) is 0 Å². The molecule has 2 N–H and O–H groups in total. The highest BCUT2D eigenvalue weighted by molar-refractivity contribution is 6.32. The van der Waals surface area contributed by atoms with E-state index in [0.29, 0.717) is 29.6 Å². The first-order valence-electron chi connectivity index (χ1n) is 10.9. The maximum atomic E-state index is 12.4. The molecule has 0 aromatic rings. The van der Waals surface area contributed by atoms with E-state index in [-0.39, 0.29) is 11.6 Å². The van der Waals surface area contributed by atoms with Gasteiger partial charge in [0.25, 0.3) is 0 Å². The normalized spacial score (nSPS) is 20.7. The zero-order chi connectivity index (χ0) is 21.7. The Kier molecular flexibility index (Phi) is 7.93. The molecule has 166 valence electrons. The standard InChI is InChI=1S/C12H13N3O2.C8H19BO4/c16-9-7-8(13-1-2-13)12(17)11(15-5-6-15)10(9)14-3-4-14;1-3-5-6-8(4-2)7-12-13-9(10)11/h7H,1-6H2;8,10-11H,3-7H2,1-2H3. The van der Waals surface area contributed by atoms with Gasteiger partial charge in [-0.3, -0.25) is 9.59 Å². The molecular weight excluding hydrogens is 389 g/mol. The molecule has 0 spiro atoms. The number of unbranched alkanes of at least 4 members (excludes halogenated alkanes) is 1. The van der Waals surface area contributed by atoms with Gasteiger partial charge in [0.15, 0.2) is 0 Å². The predicted octanol–water partition coefficient (Wildman–Crippen LogP) is 0.301. The second-order valence-electron chi connectivity index (χ2n) is 8.00. The third kappa shape index (κ3) is 6.31. The Labute approximate surface area is 178 Å². The van der Waals surface area contributed by atoms with Gasteiger partial charge in [0.1, 0.15) is 11.4 Å². The van der Waals surface area contributed by atoms with Crippen LogP contribution in [0.1, 0.15) is 39.5 Å². The molecule has 3 heterocycles. The van der Waals surface area contributed by atoms with E-state index in [2.05, 4.69) is 23.5 Å². The number of carbonyl (C=O) groups is 2. The maximum absolute atomic E-state index is 12.4. The van der Waals surface area contributed by atoms with E-state index in [9.17, 15) is 9.59 Å². The van der Waals surface area contributed by atoms with E-state index >= 15 is 0 Å². The summed E-state index contributed by atoms with van der Waals surface area (Å²) in [6.07, 6.45) is 5.97. The van der Waals surface area contributed by atoms with Crippen molar-refractivity contribution in [1.82, 2.24) is 14.7 Å².